The lowest BCUT2D eigenvalue weighted by Gasteiger charge is -2.18. The van der Waals surface area contributed by atoms with Gasteiger partial charge in [-0.2, -0.15) is 0 Å². The lowest BCUT2D eigenvalue weighted by Crippen LogP contribution is -2.29. The summed E-state index contributed by atoms with van der Waals surface area (Å²) in [6.07, 6.45) is 52.4. The smallest absolute Gasteiger partial charge is 0.462 e. The van der Waals surface area contributed by atoms with Gasteiger partial charge in [-0.25, -0.2) is 4.57 Å². The Kier molecular flexibility index (Phi) is 36.2. The monoisotopic (exact) mass is 784 g/mol. The van der Waals surface area contributed by atoms with Gasteiger partial charge in [-0.3, -0.25) is 14.1 Å². The molecule has 0 unspecified atom stereocenters. The van der Waals surface area contributed by atoms with Crippen molar-refractivity contribution in [3.63, 3.8) is 0 Å². The first-order chi connectivity index (χ1) is 26.7. The zero-order valence-corrected chi connectivity index (χ0v) is 34.3. The Morgan fingerprint density at radius 3 is 1.67 bits per heavy atom. The Balaban J connectivity index is 4.26. The summed E-state index contributed by atoms with van der Waals surface area (Å²) in [6.45, 7) is 3.33. The number of carbonyl (C=O) groups is 2. The van der Waals surface area contributed by atoms with E-state index in [0.29, 0.717) is 32.1 Å². The Bertz CT molecular complexity index is 1310. The van der Waals surface area contributed by atoms with E-state index in [1.165, 1.54) is 19.3 Å². The average molecular weight is 785 g/mol. The van der Waals surface area contributed by atoms with Gasteiger partial charge in [-0.1, -0.05) is 148 Å². The van der Waals surface area contributed by atoms with Gasteiger partial charge >= 0.3 is 19.8 Å². The van der Waals surface area contributed by atoms with Crippen molar-refractivity contribution < 1.29 is 43.0 Å². The Morgan fingerprint density at radius 2 is 1.11 bits per heavy atom. The molecule has 10 heteroatoms. The minimum Gasteiger partial charge on any atom is -0.462 e. The normalized spacial score (nSPS) is 14.3. The first kappa shape index (κ1) is 51.4. The van der Waals surface area contributed by atoms with E-state index in [1.807, 2.05) is 48.6 Å². The Hall–Kier alpha value is -3.59. The molecule has 0 aromatic carbocycles. The number of allylic oxidation sites excluding steroid dienone is 18. The molecule has 0 aliphatic rings. The summed E-state index contributed by atoms with van der Waals surface area (Å²) < 4.78 is 26.2. The molecule has 3 N–H and O–H groups in total. The van der Waals surface area contributed by atoms with Crippen LogP contribution in [0.15, 0.2) is 122 Å². The second-order valence-electron chi connectivity index (χ2n) is 12.7. The molecule has 0 rings (SSSR count). The van der Waals surface area contributed by atoms with Crippen molar-refractivity contribution in [2.75, 3.05) is 13.2 Å². The molecule has 0 radical (unpaired) electrons. The minimum atomic E-state index is -4.81. The maximum atomic E-state index is 12.4. The fourth-order valence-corrected chi connectivity index (χ4v) is 4.95. The molecule has 0 amide bonds. The molecule has 0 saturated carbocycles. The summed E-state index contributed by atoms with van der Waals surface area (Å²) in [7, 11) is -4.81. The van der Waals surface area contributed by atoms with Crippen LogP contribution in [0.3, 0.4) is 0 Å². The highest BCUT2D eigenvalue weighted by Crippen LogP contribution is 2.35. The zero-order valence-electron chi connectivity index (χ0n) is 33.4. The summed E-state index contributed by atoms with van der Waals surface area (Å²) in [5.41, 5.74) is 0. The number of aliphatic hydroxyl groups excluding tert-OH is 1. The predicted octanol–water partition coefficient (Wildman–Crippen LogP) is 11.1. The molecule has 0 fully saturated rings. The first-order valence-electron chi connectivity index (χ1n) is 19.9. The number of aliphatic hydroxyl groups is 1. The zero-order chi connectivity index (χ0) is 40.5. The van der Waals surface area contributed by atoms with Crippen molar-refractivity contribution in [1.82, 2.24) is 0 Å². The fraction of sp³-hybridized carbons (Fsp3) is 0.511. The first-order valence-corrected chi connectivity index (χ1v) is 21.5. The summed E-state index contributed by atoms with van der Waals surface area (Å²) >= 11 is 0. The molecular weight excluding hydrogens is 715 g/mol. The number of phosphoric acid groups is 1. The largest absolute Gasteiger partial charge is 0.469 e. The van der Waals surface area contributed by atoms with Crippen molar-refractivity contribution in [2.45, 2.75) is 135 Å². The number of esters is 2. The van der Waals surface area contributed by atoms with E-state index in [9.17, 15) is 19.3 Å². The summed E-state index contributed by atoms with van der Waals surface area (Å²) in [6, 6.07) is 0. The van der Waals surface area contributed by atoms with Crippen molar-refractivity contribution in [1.29, 1.82) is 0 Å². The van der Waals surface area contributed by atoms with Gasteiger partial charge in [-0.05, 0) is 83.5 Å². The number of rotatable bonds is 34. The van der Waals surface area contributed by atoms with Crippen molar-refractivity contribution in [2.24, 2.45) is 0 Å². The summed E-state index contributed by atoms with van der Waals surface area (Å²) in [5.74, 6) is -1.10. The van der Waals surface area contributed by atoms with Gasteiger partial charge in [0.15, 0.2) is 6.10 Å². The summed E-state index contributed by atoms with van der Waals surface area (Å²) in [5, 5.41) is 10.0. The molecule has 0 aromatic rings. The molecule has 0 spiro atoms. The molecule has 0 aromatic heterocycles. The van der Waals surface area contributed by atoms with Crippen LogP contribution < -0.4 is 0 Å². The van der Waals surface area contributed by atoms with Crippen LogP contribution in [0, 0.1) is 0 Å². The maximum absolute atomic E-state index is 12.4. The highest BCUT2D eigenvalue weighted by molar-refractivity contribution is 7.46. The standard InChI is InChI=1S/C45H69O9P/c1-3-5-7-9-11-12-13-14-15-16-17-18-19-20-21-22-26-30-34-38-44(47)52-40-43(41-53-55(49,50)51)54-45(48)39-35-31-27-23-25-29-33-37-42(46)36-32-28-24-10-8-6-4-2/h5,7,11-12,14-15,17-18,20-21,23-24,26-30,32-33,36,42-43,46H,3-4,6,8-10,13,16,19,22,25,31,34-35,37-41H2,1-2H3,(H2,49,50,51)/b7-5-,12-11-,15-14-,18-17-,21-20-,27-23+,28-24-,30-26-,33-29-,36-32-/t42-,43+/m0/s1. The lowest BCUT2D eigenvalue weighted by molar-refractivity contribution is -0.161. The van der Waals surface area contributed by atoms with Crippen LogP contribution in [0.5, 0.6) is 0 Å². The van der Waals surface area contributed by atoms with Gasteiger partial charge in [0.05, 0.1) is 12.7 Å². The predicted molar refractivity (Wildman–Crippen MR) is 226 cm³/mol. The fourth-order valence-electron chi connectivity index (χ4n) is 4.59. The summed E-state index contributed by atoms with van der Waals surface area (Å²) in [4.78, 5) is 42.7. The molecule has 9 nitrogen and oxygen atoms in total. The molecule has 0 heterocycles. The van der Waals surface area contributed by atoms with Crippen LogP contribution in [-0.4, -0.2) is 52.3 Å². The van der Waals surface area contributed by atoms with E-state index >= 15 is 0 Å². The number of hydrogen-bond donors (Lipinski definition) is 3. The molecule has 0 saturated heterocycles. The molecule has 0 aliphatic heterocycles. The third-order valence-electron chi connectivity index (χ3n) is 7.56. The second kappa shape index (κ2) is 38.7. The topological polar surface area (TPSA) is 140 Å². The van der Waals surface area contributed by atoms with Gasteiger partial charge in [0.2, 0.25) is 0 Å². The van der Waals surface area contributed by atoms with Gasteiger partial charge in [-0.15, -0.1) is 0 Å². The lowest BCUT2D eigenvalue weighted by atomic mass is 10.2. The van der Waals surface area contributed by atoms with Gasteiger partial charge in [0, 0.05) is 12.8 Å². The Labute approximate surface area is 331 Å². The molecule has 0 aliphatic carbocycles. The van der Waals surface area contributed by atoms with Gasteiger partial charge in [0.25, 0.3) is 0 Å². The highest BCUT2D eigenvalue weighted by Gasteiger charge is 2.22. The third-order valence-corrected chi connectivity index (χ3v) is 8.04. The Morgan fingerprint density at radius 1 is 0.582 bits per heavy atom. The minimum absolute atomic E-state index is 0.0782. The van der Waals surface area contributed by atoms with Crippen LogP contribution in [0.2, 0.25) is 0 Å². The molecular formula is C45H69O9P. The van der Waals surface area contributed by atoms with Crippen LogP contribution in [0.4, 0.5) is 0 Å². The van der Waals surface area contributed by atoms with E-state index in [-0.39, 0.29) is 19.4 Å². The van der Waals surface area contributed by atoms with E-state index < -0.39 is 38.6 Å². The molecule has 55 heavy (non-hydrogen) atoms. The second-order valence-corrected chi connectivity index (χ2v) is 14.0. The van der Waals surface area contributed by atoms with Crippen molar-refractivity contribution in [3.8, 4) is 0 Å². The average Bonchev–Trinajstić information content (AvgIpc) is 3.15. The number of phosphoric ester groups is 1. The number of hydrogen-bond acceptors (Lipinski definition) is 7. The SMILES string of the molecule is CC/C=C\C/C=C\C/C=C\C/C=C\C/C=C\C/C=C\CCC(=O)OC[C@H](COP(=O)(O)O)OC(=O)CCC/C=C/C/C=C\C[C@@H](O)/C=C\C=C/CCCCC. The number of ether oxygens (including phenoxy) is 2. The van der Waals surface area contributed by atoms with Crippen LogP contribution in [0.1, 0.15) is 123 Å². The van der Waals surface area contributed by atoms with Crippen LogP contribution in [-0.2, 0) is 28.2 Å². The quantitative estimate of drug-likeness (QED) is 0.0191. The maximum Gasteiger partial charge on any atom is 0.469 e. The van der Waals surface area contributed by atoms with Gasteiger partial charge < -0.3 is 24.4 Å². The van der Waals surface area contributed by atoms with E-state index in [2.05, 4.69) is 85.2 Å². The highest BCUT2D eigenvalue weighted by atomic mass is 31.2. The third kappa shape index (κ3) is 41.4. The number of unbranched alkanes of at least 4 members (excludes halogenated alkanes) is 4. The molecule has 0 bridgehead atoms. The van der Waals surface area contributed by atoms with E-state index in [4.69, 9.17) is 19.3 Å². The van der Waals surface area contributed by atoms with E-state index in [0.717, 1.165) is 44.9 Å². The van der Waals surface area contributed by atoms with Crippen molar-refractivity contribution in [3.05, 3.63) is 122 Å². The molecule has 2 atom stereocenters. The van der Waals surface area contributed by atoms with Crippen molar-refractivity contribution >= 4 is 19.8 Å². The number of carbonyl (C=O) groups excluding carboxylic acids is 2. The van der Waals surface area contributed by atoms with Crippen LogP contribution >= 0.6 is 7.82 Å². The van der Waals surface area contributed by atoms with E-state index in [1.54, 1.807) is 6.08 Å². The van der Waals surface area contributed by atoms with Crippen LogP contribution in [0.25, 0.3) is 0 Å². The molecule has 308 valence electrons. The van der Waals surface area contributed by atoms with Gasteiger partial charge in [0.1, 0.15) is 6.61 Å².